The number of nitrogens with one attached hydrogen (secondary N) is 2. The average molecular weight is 305 g/mol. The van der Waals surface area contributed by atoms with E-state index in [0.29, 0.717) is 18.2 Å². The van der Waals surface area contributed by atoms with Crippen LogP contribution in [-0.2, 0) is 4.79 Å². The van der Waals surface area contributed by atoms with Crippen LogP contribution in [0.5, 0.6) is 0 Å². The van der Waals surface area contributed by atoms with Gasteiger partial charge in [0.2, 0.25) is 5.91 Å². The minimum Gasteiger partial charge on any atom is -0.317 e. The molecule has 0 spiro atoms. The first-order chi connectivity index (χ1) is 10.2. The molecule has 1 aliphatic rings. The molecule has 3 rings (SSSR count). The number of carbonyl (C=O) groups excluding carboxylic acids is 1. The summed E-state index contributed by atoms with van der Waals surface area (Å²) >= 11 is 6.09. The number of anilines is 1. The fourth-order valence-corrected chi connectivity index (χ4v) is 2.77. The van der Waals surface area contributed by atoms with Crippen molar-refractivity contribution in [2.75, 3.05) is 18.4 Å². The molecule has 2 aromatic rings. The number of aromatic nitrogens is 2. The lowest BCUT2D eigenvalue weighted by atomic mass is 9.94. The van der Waals surface area contributed by atoms with Crippen molar-refractivity contribution in [3.63, 3.8) is 0 Å². The second-order valence-corrected chi connectivity index (χ2v) is 5.66. The van der Waals surface area contributed by atoms with Crippen LogP contribution in [0.3, 0.4) is 0 Å². The van der Waals surface area contributed by atoms with Gasteiger partial charge in [-0.1, -0.05) is 23.7 Å². The van der Waals surface area contributed by atoms with Gasteiger partial charge in [0.1, 0.15) is 0 Å². The summed E-state index contributed by atoms with van der Waals surface area (Å²) in [6.45, 7) is 1.96. The van der Waals surface area contributed by atoms with Gasteiger partial charge >= 0.3 is 0 Å². The van der Waals surface area contributed by atoms with Gasteiger partial charge in [-0.3, -0.25) is 4.79 Å². The van der Waals surface area contributed by atoms with E-state index >= 15 is 0 Å². The molecule has 5 nitrogen and oxygen atoms in total. The predicted molar refractivity (Wildman–Crippen MR) is 83.4 cm³/mol. The van der Waals surface area contributed by atoms with Crippen molar-refractivity contribution in [2.24, 2.45) is 5.92 Å². The number of rotatable bonds is 3. The third-order valence-corrected chi connectivity index (χ3v) is 3.98. The topological polar surface area (TPSA) is 66.9 Å². The summed E-state index contributed by atoms with van der Waals surface area (Å²) in [5.74, 6) is 0.723. The Kier molecular flexibility index (Phi) is 4.31. The zero-order chi connectivity index (χ0) is 14.7. The molecule has 0 unspecified atom stereocenters. The summed E-state index contributed by atoms with van der Waals surface area (Å²) in [5, 5.41) is 6.31. The van der Waals surface area contributed by atoms with Crippen LogP contribution < -0.4 is 10.6 Å². The maximum atomic E-state index is 12.1. The van der Waals surface area contributed by atoms with Crippen LogP contribution in [0.15, 0.2) is 24.3 Å². The molecule has 0 aliphatic carbocycles. The smallest absolute Gasteiger partial charge is 0.225 e. The standard InChI is InChI=1S/C15H17ClN4O/c16-14-15(19-12-4-2-1-3-11(12)18-14)20-13(21)9-10-5-7-17-8-6-10/h1-4,10,17H,5-9H2,(H,19,20,21). The van der Waals surface area contributed by atoms with Crippen LogP contribution in [0.4, 0.5) is 5.82 Å². The lowest BCUT2D eigenvalue weighted by molar-refractivity contribution is -0.117. The maximum Gasteiger partial charge on any atom is 0.225 e. The van der Waals surface area contributed by atoms with E-state index in [2.05, 4.69) is 20.6 Å². The molecular weight excluding hydrogens is 288 g/mol. The van der Waals surface area contributed by atoms with Crippen molar-refractivity contribution in [2.45, 2.75) is 19.3 Å². The van der Waals surface area contributed by atoms with Gasteiger partial charge in [0.15, 0.2) is 11.0 Å². The van der Waals surface area contributed by atoms with Crippen LogP contribution in [0, 0.1) is 5.92 Å². The molecule has 21 heavy (non-hydrogen) atoms. The zero-order valence-electron chi connectivity index (χ0n) is 11.6. The summed E-state index contributed by atoms with van der Waals surface area (Å²) < 4.78 is 0. The molecule has 110 valence electrons. The number of fused-ring (bicyclic) bond motifs is 1. The fraction of sp³-hybridized carbons (Fsp3) is 0.400. The molecule has 1 amide bonds. The third-order valence-electron chi connectivity index (χ3n) is 3.72. The number of benzene rings is 1. The van der Waals surface area contributed by atoms with E-state index in [4.69, 9.17) is 11.6 Å². The molecule has 0 atom stereocenters. The molecule has 2 N–H and O–H groups in total. The Balaban J connectivity index is 1.71. The van der Waals surface area contributed by atoms with Crippen LogP contribution in [0.2, 0.25) is 5.15 Å². The van der Waals surface area contributed by atoms with E-state index in [9.17, 15) is 4.79 Å². The molecule has 6 heteroatoms. The van der Waals surface area contributed by atoms with Crippen molar-refractivity contribution in [3.8, 4) is 0 Å². The fourth-order valence-electron chi connectivity index (χ4n) is 2.59. The minimum absolute atomic E-state index is 0.0478. The molecule has 0 radical (unpaired) electrons. The first kappa shape index (κ1) is 14.2. The van der Waals surface area contributed by atoms with Crippen molar-refractivity contribution in [3.05, 3.63) is 29.4 Å². The second kappa shape index (κ2) is 6.37. The summed E-state index contributed by atoms with van der Waals surface area (Å²) in [7, 11) is 0. The molecule has 0 saturated carbocycles. The number of piperidine rings is 1. The zero-order valence-corrected chi connectivity index (χ0v) is 12.4. The van der Waals surface area contributed by atoms with E-state index < -0.39 is 0 Å². The van der Waals surface area contributed by atoms with Crippen LogP contribution in [-0.4, -0.2) is 29.0 Å². The van der Waals surface area contributed by atoms with E-state index in [1.807, 2.05) is 24.3 Å². The lowest BCUT2D eigenvalue weighted by Crippen LogP contribution is -2.30. The van der Waals surface area contributed by atoms with Crippen LogP contribution in [0.1, 0.15) is 19.3 Å². The van der Waals surface area contributed by atoms with Crippen molar-refractivity contribution in [1.82, 2.24) is 15.3 Å². The number of amides is 1. The summed E-state index contributed by atoms with van der Waals surface area (Å²) in [6, 6.07) is 7.45. The number of carbonyl (C=O) groups is 1. The van der Waals surface area contributed by atoms with Gasteiger partial charge < -0.3 is 10.6 Å². The van der Waals surface area contributed by atoms with E-state index in [1.54, 1.807) is 0 Å². The second-order valence-electron chi connectivity index (χ2n) is 5.30. The van der Waals surface area contributed by atoms with Crippen LogP contribution >= 0.6 is 11.6 Å². The van der Waals surface area contributed by atoms with E-state index in [-0.39, 0.29) is 11.1 Å². The highest BCUT2D eigenvalue weighted by molar-refractivity contribution is 6.32. The monoisotopic (exact) mass is 304 g/mol. The first-order valence-corrected chi connectivity index (χ1v) is 7.53. The van der Waals surface area contributed by atoms with Gasteiger partial charge in [-0.2, -0.15) is 0 Å². The Morgan fingerprint density at radius 3 is 2.62 bits per heavy atom. The summed E-state index contributed by atoms with van der Waals surface area (Å²) in [5.41, 5.74) is 1.44. The quantitative estimate of drug-likeness (QED) is 0.915. The largest absolute Gasteiger partial charge is 0.317 e. The number of halogens is 1. The van der Waals surface area contributed by atoms with Gasteiger partial charge in [-0.15, -0.1) is 0 Å². The molecule has 2 heterocycles. The highest BCUT2D eigenvalue weighted by atomic mass is 35.5. The normalized spacial score (nSPS) is 16.0. The number of para-hydroxylation sites is 2. The predicted octanol–water partition coefficient (Wildman–Crippen LogP) is 2.61. The van der Waals surface area contributed by atoms with E-state index in [1.165, 1.54) is 0 Å². The number of hydrogen-bond acceptors (Lipinski definition) is 4. The molecule has 1 aliphatic heterocycles. The van der Waals surface area contributed by atoms with Crippen LogP contribution in [0.25, 0.3) is 11.0 Å². The van der Waals surface area contributed by atoms with E-state index in [0.717, 1.165) is 37.0 Å². The highest BCUT2D eigenvalue weighted by Gasteiger charge is 2.18. The third kappa shape index (κ3) is 3.49. The Hall–Kier alpha value is -1.72. The molecule has 1 saturated heterocycles. The first-order valence-electron chi connectivity index (χ1n) is 7.15. The summed E-state index contributed by atoms with van der Waals surface area (Å²) in [6.07, 6.45) is 2.57. The van der Waals surface area contributed by atoms with Gasteiger partial charge in [-0.25, -0.2) is 9.97 Å². The van der Waals surface area contributed by atoms with Gasteiger partial charge in [0, 0.05) is 6.42 Å². The Morgan fingerprint density at radius 2 is 1.90 bits per heavy atom. The Morgan fingerprint density at radius 1 is 1.24 bits per heavy atom. The van der Waals surface area contributed by atoms with Gasteiger partial charge in [0.25, 0.3) is 0 Å². The van der Waals surface area contributed by atoms with Crippen molar-refractivity contribution in [1.29, 1.82) is 0 Å². The Labute approximate surface area is 128 Å². The molecule has 1 fully saturated rings. The van der Waals surface area contributed by atoms with Crippen molar-refractivity contribution < 1.29 is 4.79 Å². The number of nitrogens with zero attached hydrogens (tertiary/aromatic N) is 2. The highest BCUT2D eigenvalue weighted by Crippen LogP contribution is 2.22. The van der Waals surface area contributed by atoms with Crippen molar-refractivity contribution >= 4 is 34.4 Å². The molecule has 1 aromatic carbocycles. The van der Waals surface area contributed by atoms with Gasteiger partial charge in [0.05, 0.1) is 11.0 Å². The summed E-state index contributed by atoms with van der Waals surface area (Å²) in [4.78, 5) is 20.7. The Bertz CT molecular complexity index is 655. The minimum atomic E-state index is -0.0478. The van der Waals surface area contributed by atoms with Gasteiger partial charge in [-0.05, 0) is 44.0 Å². The molecular formula is C15H17ClN4O. The maximum absolute atomic E-state index is 12.1. The average Bonchev–Trinajstić information content (AvgIpc) is 2.49. The molecule has 0 bridgehead atoms. The SMILES string of the molecule is O=C(CC1CCNCC1)Nc1nc2ccccc2nc1Cl. The molecule has 1 aromatic heterocycles. The number of hydrogen-bond donors (Lipinski definition) is 2. The lowest BCUT2D eigenvalue weighted by Gasteiger charge is -2.21.